The van der Waals surface area contributed by atoms with Crippen LogP contribution in [0.4, 0.5) is 4.79 Å². The predicted octanol–water partition coefficient (Wildman–Crippen LogP) is 2.11. The lowest BCUT2D eigenvalue weighted by atomic mass is 9.95. The quantitative estimate of drug-likeness (QED) is 0.498. The normalized spacial score (nSPS) is 20.2. The van der Waals surface area contributed by atoms with Crippen LogP contribution in [0.3, 0.4) is 0 Å². The van der Waals surface area contributed by atoms with Gasteiger partial charge in [0, 0.05) is 12.2 Å². The van der Waals surface area contributed by atoms with Crippen molar-refractivity contribution < 1.29 is 28.9 Å². The van der Waals surface area contributed by atoms with Crippen LogP contribution < -0.4 is 20.1 Å². The molecular formula is C23H33N3O6. The number of urea groups is 1. The van der Waals surface area contributed by atoms with Crippen LogP contribution in [0.5, 0.6) is 11.5 Å². The number of aliphatic hydroxyl groups excluding tert-OH is 1. The number of hydrogen-bond acceptors (Lipinski definition) is 7. The lowest BCUT2D eigenvalue weighted by molar-refractivity contribution is -0.139. The van der Waals surface area contributed by atoms with Crippen molar-refractivity contribution in [1.29, 1.82) is 0 Å². The minimum absolute atomic E-state index is 0.106. The van der Waals surface area contributed by atoms with Crippen LogP contribution in [0.25, 0.3) is 0 Å². The molecule has 0 bridgehead atoms. The lowest BCUT2D eigenvalue weighted by Gasteiger charge is -2.29. The van der Waals surface area contributed by atoms with E-state index >= 15 is 0 Å². The molecule has 176 valence electrons. The molecule has 0 spiro atoms. The van der Waals surface area contributed by atoms with E-state index in [1.807, 2.05) is 0 Å². The number of carbonyl (C=O) groups is 2. The third-order valence-electron chi connectivity index (χ3n) is 5.63. The lowest BCUT2D eigenvalue weighted by Crippen LogP contribution is -2.45. The number of benzene rings is 1. The van der Waals surface area contributed by atoms with Crippen molar-refractivity contribution in [3.8, 4) is 11.5 Å². The van der Waals surface area contributed by atoms with Crippen LogP contribution in [-0.2, 0) is 9.53 Å². The standard InChI is InChI=1S/C23H33N3O6/c1-4-31-22(28)20-15(2)24-23(29)25-21(20)16-8-9-18(30-3)19(12-16)32-14-17(27)13-26-10-6-5-7-11-26/h8-9,12,17,21,27H,4-7,10-11,13-14H2,1-3H3,(H2,24,25,29). The molecule has 0 aliphatic carbocycles. The highest BCUT2D eigenvalue weighted by atomic mass is 16.5. The van der Waals surface area contributed by atoms with E-state index in [-0.39, 0.29) is 13.2 Å². The summed E-state index contributed by atoms with van der Waals surface area (Å²) in [4.78, 5) is 26.9. The molecule has 9 nitrogen and oxygen atoms in total. The number of piperidine rings is 1. The van der Waals surface area contributed by atoms with Gasteiger partial charge in [-0.2, -0.15) is 0 Å². The number of esters is 1. The highest BCUT2D eigenvalue weighted by Crippen LogP contribution is 2.34. The van der Waals surface area contributed by atoms with E-state index in [0.29, 0.717) is 34.9 Å². The highest BCUT2D eigenvalue weighted by Gasteiger charge is 2.32. The Morgan fingerprint density at radius 2 is 2.00 bits per heavy atom. The SMILES string of the molecule is CCOC(=O)C1=C(C)NC(=O)NC1c1ccc(OC)c(OCC(O)CN2CCCCC2)c1. The van der Waals surface area contributed by atoms with Gasteiger partial charge >= 0.3 is 12.0 Å². The molecule has 2 unspecified atom stereocenters. The summed E-state index contributed by atoms with van der Waals surface area (Å²) in [6.07, 6.45) is 2.90. The van der Waals surface area contributed by atoms with Crippen molar-refractivity contribution >= 4 is 12.0 Å². The molecule has 3 N–H and O–H groups in total. The monoisotopic (exact) mass is 447 g/mol. The van der Waals surface area contributed by atoms with Crippen LogP contribution in [0.2, 0.25) is 0 Å². The molecule has 2 aliphatic heterocycles. The number of likely N-dealkylation sites (tertiary alicyclic amines) is 1. The van der Waals surface area contributed by atoms with E-state index in [0.717, 1.165) is 25.9 Å². The minimum Gasteiger partial charge on any atom is -0.493 e. The molecule has 1 aromatic carbocycles. The van der Waals surface area contributed by atoms with Gasteiger partial charge in [0.1, 0.15) is 12.7 Å². The Balaban J connectivity index is 1.77. The van der Waals surface area contributed by atoms with E-state index in [4.69, 9.17) is 14.2 Å². The van der Waals surface area contributed by atoms with Crippen molar-refractivity contribution in [3.05, 3.63) is 35.0 Å². The average Bonchev–Trinajstić information content (AvgIpc) is 2.77. The number of carbonyl (C=O) groups excluding carboxylic acids is 2. The molecule has 1 aromatic rings. The first-order valence-corrected chi connectivity index (χ1v) is 11.1. The van der Waals surface area contributed by atoms with Gasteiger partial charge in [0.15, 0.2) is 11.5 Å². The molecule has 0 aromatic heterocycles. The van der Waals surface area contributed by atoms with Gasteiger partial charge in [0.25, 0.3) is 0 Å². The molecular weight excluding hydrogens is 414 g/mol. The largest absolute Gasteiger partial charge is 0.493 e. The molecule has 2 aliphatic rings. The summed E-state index contributed by atoms with van der Waals surface area (Å²) in [6.45, 7) is 6.27. The maximum absolute atomic E-state index is 12.5. The van der Waals surface area contributed by atoms with Gasteiger partial charge < -0.3 is 34.9 Å². The highest BCUT2D eigenvalue weighted by molar-refractivity contribution is 5.95. The van der Waals surface area contributed by atoms with E-state index in [1.54, 1.807) is 32.0 Å². The number of hydrogen-bond donors (Lipinski definition) is 3. The second-order valence-electron chi connectivity index (χ2n) is 8.03. The Labute approximate surface area is 188 Å². The fraction of sp³-hybridized carbons (Fsp3) is 0.565. The van der Waals surface area contributed by atoms with Crippen molar-refractivity contribution in [2.24, 2.45) is 0 Å². The molecule has 0 saturated carbocycles. The number of nitrogens with zero attached hydrogens (tertiary/aromatic N) is 1. The Bertz CT molecular complexity index is 850. The Kier molecular flexibility index (Phi) is 8.35. The third-order valence-corrected chi connectivity index (χ3v) is 5.63. The zero-order valence-corrected chi connectivity index (χ0v) is 19.0. The summed E-state index contributed by atoms with van der Waals surface area (Å²) in [5.41, 5.74) is 1.41. The van der Waals surface area contributed by atoms with Gasteiger partial charge in [-0.15, -0.1) is 0 Å². The maximum atomic E-state index is 12.5. The van der Waals surface area contributed by atoms with Crippen LogP contribution in [0.15, 0.2) is 29.5 Å². The number of nitrogens with one attached hydrogen (secondary N) is 2. The first-order chi connectivity index (χ1) is 15.4. The summed E-state index contributed by atoms with van der Waals surface area (Å²) >= 11 is 0. The zero-order chi connectivity index (χ0) is 23.1. The molecule has 9 heteroatoms. The van der Waals surface area contributed by atoms with E-state index in [1.165, 1.54) is 13.5 Å². The van der Waals surface area contributed by atoms with Gasteiger partial charge in [0.2, 0.25) is 0 Å². The predicted molar refractivity (Wildman–Crippen MR) is 119 cm³/mol. The van der Waals surface area contributed by atoms with Crippen LogP contribution in [0.1, 0.15) is 44.7 Å². The number of methoxy groups -OCH3 is 1. The van der Waals surface area contributed by atoms with Gasteiger partial charge in [-0.05, 0) is 57.5 Å². The molecule has 2 atom stereocenters. The van der Waals surface area contributed by atoms with Gasteiger partial charge in [0.05, 0.1) is 25.3 Å². The van der Waals surface area contributed by atoms with Crippen molar-refractivity contribution in [2.75, 3.05) is 40.0 Å². The first kappa shape index (κ1) is 23.9. The second kappa shape index (κ2) is 11.2. The summed E-state index contributed by atoms with van der Waals surface area (Å²) in [6, 6.07) is 4.09. The van der Waals surface area contributed by atoms with E-state index < -0.39 is 24.1 Å². The van der Waals surface area contributed by atoms with E-state index in [9.17, 15) is 14.7 Å². The molecule has 1 saturated heterocycles. The number of aliphatic hydroxyl groups is 1. The number of rotatable bonds is 9. The first-order valence-electron chi connectivity index (χ1n) is 11.1. The fourth-order valence-electron chi connectivity index (χ4n) is 4.09. The summed E-state index contributed by atoms with van der Waals surface area (Å²) in [5, 5.41) is 15.8. The molecule has 1 fully saturated rings. The van der Waals surface area contributed by atoms with Crippen molar-refractivity contribution in [2.45, 2.75) is 45.3 Å². The molecule has 0 radical (unpaired) electrons. The minimum atomic E-state index is -0.700. The van der Waals surface area contributed by atoms with Gasteiger partial charge in [-0.1, -0.05) is 12.5 Å². The average molecular weight is 448 g/mol. The third kappa shape index (κ3) is 5.92. The number of ether oxygens (including phenoxy) is 3. The number of β-amino-alcohol motifs (C(OH)–C–C–N with tert-alkyl or cyclic N) is 1. The molecule has 2 heterocycles. The summed E-state index contributed by atoms with van der Waals surface area (Å²) < 4.78 is 16.5. The molecule has 3 rings (SSSR count). The van der Waals surface area contributed by atoms with Gasteiger partial charge in [-0.3, -0.25) is 0 Å². The topological polar surface area (TPSA) is 109 Å². The zero-order valence-electron chi connectivity index (χ0n) is 19.0. The maximum Gasteiger partial charge on any atom is 0.338 e. The number of allylic oxidation sites excluding steroid dienone is 1. The van der Waals surface area contributed by atoms with Gasteiger partial charge in [-0.25, -0.2) is 9.59 Å². The molecule has 32 heavy (non-hydrogen) atoms. The fourth-order valence-corrected chi connectivity index (χ4v) is 4.09. The smallest absolute Gasteiger partial charge is 0.338 e. The Morgan fingerprint density at radius 3 is 2.69 bits per heavy atom. The van der Waals surface area contributed by atoms with Crippen LogP contribution in [-0.4, -0.2) is 68.1 Å². The Morgan fingerprint density at radius 1 is 1.25 bits per heavy atom. The van der Waals surface area contributed by atoms with Crippen LogP contribution in [0, 0.1) is 0 Å². The number of amides is 2. The van der Waals surface area contributed by atoms with Crippen LogP contribution >= 0.6 is 0 Å². The van der Waals surface area contributed by atoms with Crippen molar-refractivity contribution in [1.82, 2.24) is 15.5 Å². The molecule has 2 amide bonds. The second-order valence-corrected chi connectivity index (χ2v) is 8.03. The summed E-state index contributed by atoms with van der Waals surface area (Å²) in [7, 11) is 1.53. The van der Waals surface area contributed by atoms with Crippen molar-refractivity contribution in [3.63, 3.8) is 0 Å². The van der Waals surface area contributed by atoms with E-state index in [2.05, 4.69) is 15.5 Å². The summed E-state index contributed by atoms with van der Waals surface area (Å²) in [5.74, 6) is 0.423. The Hall–Kier alpha value is -2.78.